The van der Waals surface area contributed by atoms with Crippen LogP contribution >= 0.6 is 0 Å². The second-order valence-corrected chi connectivity index (χ2v) is 3.75. The third-order valence-electron chi connectivity index (χ3n) is 2.72. The molecule has 0 saturated carbocycles. The first-order valence-corrected chi connectivity index (χ1v) is 5.21. The van der Waals surface area contributed by atoms with Gasteiger partial charge in [-0.2, -0.15) is 0 Å². The lowest BCUT2D eigenvalue weighted by Crippen LogP contribution is -2.46. The van der Waals surface area contributed by atoms with Gasteiger partial charge in [0.2, 0.25) is 0 Å². The zero-order chi connectivity index (χ0) is 12.4. The standard InChI is InChI=1S/C11H13N3O3/c1-17-6-7(4-12)14-10(15)8-2-3-13-5-9(8)11(14)16/h2-3,5,7H,4,6,12H2,1H3. The first-order chi connectivity index (χ1) is 8.20. The lowest BCUT2D eigenvalue weighted by molar-refractivity contribution is 0.0483. The molecule has 2 amide bonds. The van der Waals surface area contributed by atoms with Crippen LogP contribution in [-0.2, 0) is 4.74 Å². The number of carbonyl (C=O) groups excluding carboxylic acids is 2. The van der Waals surface area contributed by atoms with Crippen LogP contribution in [0.4, 0.5) is 0 Å². The van der Waals surface area contributed by atoms with Crippen LogP contribution in [0.2, 0.25) is 0 Å². The van der Waals surface area contributed by atoms with Crippen LogP contribution in [0.1, 0.15) is 20.7 Å². The summed E-state index contributed by atoms with van der Waals surface area (Å²) in [6, 6.07) is 1.10. The molecule has 6 heteroatoms. The van der Waals surface area contributed by atoms with Gasteiger partial charge in [-0.3, -0.25) is 19.5 Å². The van der Waals surface area contributed by atoms with E-state index in [-0.39, 0.29) is 25.0 Å². The molecule has 0 aliphatic carbocycles. The molecule has 2 heterocycles. The van der Waals surface area contributed by atoms with E-state index in [0.29, 0.717) is 11.1 Å². The maximum atomic E-state index is 12.0. The predicted molar refractivity (Wildman–Crippen MR) is 59.5 cm³/mol. The number of carbonyl (C=O) groups is 2. The molecule has 1 aliphatic rings. The van der Waals surface area contributed by atoms with Gasteiger partial charge in [-0.15, -0.1) is 0 Å². The molecule has 1 aromatic heterocycles. The minimum absolute atomic E-state index is 0.173. The SMILES string of the molecule is COCC(CN)N1C(=O)c2ccncc2C1=O. The summed E-state index contributed by atoms with van der Waals surface area (Å²) in [4.78, 5) is 29.1. The number of hydrogen-bond donors (Lipinski definition) is 1. The second kappa shape index (κ2) is 4.60. The van der Waals surface area contributed by atoms with Crippen molar-refractivity contribution in [2.75, 3.05) is 20.3 Å². The molecule has 0 fully saturated rings. The third kappa shape index (κ3) is 1.81. The van der Waals surface area contributed by atoms with Gasteiger partial charge < -0.3 is 10.5 Å². The lowest BCUT2D eigenvalue weighted by atomic mass is 10.2. The topological polar surface area (TPSA) is 85.5 Å². The first-order valence-electron chi connectivity index (χ1n) is 5.21. The molecule has 0 aromatic carbocycles. The van der Waals surface area contributed by atoms with E-state index in [0.717, 1.165) is 4.90 Å². The van der Waals surface area contributed by atoms with Crippen molar-refractivity contribution in [2.45, 2.75) is 6.04 Å². The Labute approximate surface area is 98.4 Å². The minimum atomic E-state index is -0.438. The molecule has 0 spiro atoms. The van der Waals surface area contributed by atoms with Crippen molar-refractivity contribution in [3.63, 3.8) is 0 Å². The van der Waals surface area contributed by atoms with Crippen molar-refractivity contribution >= 4 is 11.8 Å². The summed E-state index contributed by atoms with van der Waals surface area (Å²) < 4.78 is 4.96. The maximum Gasteiger partial charge on any atom is 0.263 e. The van der Waals surface area contributed by atoms with Crippen molar-refractivity contribution in [3.8, 4) is 0 Å². The van der Waals surface area contributed by atoms with Gasteiger partial charge in [0.05, 0.1) is 23.8 Å². The number of pyridine rings is 1. The van der Waals surface area contributed by atoms with E-state index in [2.05, 4.69) is 4.98 Å². The molecule has 2 rings (SSSR count). The fraction of sp³-hybridized carbons (Fsp3) is 0.364. The Kier molecular flexibility index (Phi) is 3.16. The Morgan fingerprint density at radius 1 is 1.41 bits per heavy atom. The molecule has 6 nitrogen and oxygen atoms in total. The number of nitrogens with two attached hydrogens (primary N) is 1. The fourth-order valence-corrected chi connectivity index (χ4v) is 1.88. The van der Waals surface area contributed by atoms with Crippen LogP contribution in [0.3, 0.4) is 0 Å². The highest BCUT2D eigenvalue weighted by atomic mass is 16.5. The Hall–Kier alpha value is -1.79. The zero-order valence-corrected chi connectivity index (χ0v) is 9.42. The minimum Gasteiger partial charge on any atom is -0.382 e. The van der Waals surface area contributed by atoms with Crippen LogP contribution in [0.5, 0.6) is 0 Å². The molecule has 0 radical (unpaired) electrons. The number of methoxy groups -OCH3 is 1. The summed E-state index contributed by atoms with van der Waals surface area (Å²) in [6.07, 6.45) is 2.89. The van der Waals surface area contributed by atoms with E-state index in [1.54, 1.807) is 0 Å². The quantitative estimate of drug-likeness (QED) is 0.721. The summed E-state index contributed by atoms with van der Waals surface area (Å²) in [7, 11) is 1.50. The normalized spacial score (nSPS) is 16.2. The molecule has 0 bridgehead atoms. The van der Waals surface area contributed by atoms with Gasteiger partial charge in [0, 0.05) is 26.0 Å². The highest BCUT2D eigenvalue weighted by Crippen LogP contribution is 2.23. The summed E-state index contributed by atoms with van der Waals surface area (Å²) in [5.41, 5.74) is 6.26. The van der Waals surface area contributed by atoms with Crippen LogP contribution in [0, 0.1) is 0 Å². The molecule has 1 atom stereocenters. The van der Waals surface area contributed by atoms with Crippen molar-refractivity contribution in [1.82, 2.24) is 9.88 Å². The number of aromatic nitrogens is 1. The third-order valence-corrected chi connectivity index (χ3v) is 2.72. The summed E-state index contributed by atoms with van der Waals surface area (Å²) >= 11 is 0. The van der Waals surface area contributed by atoms with E-state index in [4.69, 9.17) is 10.5 Å². The molecule has 1 aromatic rings. The Bertz CT molecular complexity index is 426. The average Bonchev–Trinajstić information content (AvgIpc) is 2.61. The van der Waals surface area contributed by atoms with E-state index >= 15 is 0 Å². The number of imide groups is 1. The van der Waals surface area contributed by atoms with Crippen LogP contribution in [0.15, 0.2) is 18.5 Å². The molecular weight excluding hydrogens is 222 g/mol. The van der Waals surface area contributed by atoms with Crippen molar-refractivity contribution < 1.29 is 14.3 Å². The Morgan fingerprint density at radius 2 is 2.12 bits per heavy atom. The number of ether oxygens (including phenoxy) is 1. The fourth-order valence-electron chi connectivity index (χ4n) is 1.88. The molecule has 1 unspecified atom stereocenters. The van der Waals surface area contributed by atoms with Crippen LogP contribution < -0.4 is 5.73 Å². The van der Waals surface area contributed by atoms with E-state index in [9.17, 15) is 9.59 Å². The van der Waals surface area contributed by atoms with Crippen molar-refractivity contribution in [2.24, 2.45) is 5.73 Å². The highest BCUT2D eigenvalue weighted by Gasteiger charge is 2.39. The van der Waals surface area contributed by atoms with E-state index in [1.807, 2.05) is 0 Å². The molecule has 0 saturated heterocycles. The summed E-state index contributed by atoms with van der Waals surface area (Å²) in [5, 5.41) is 0. The van der Waals surface area contributed by atoms with E-state index < -0.39 is 6.04 Å². The van der Waals surface area contributed by atoms with Crippen LogP contribution in [-0.4, -0.2) is 48.0 Å². The summed E-state index contributed by atoms with van der Waals surface area (Å²) in [5.74, 6) is -0.689. The highest BCUT2D eigenvalue weighted by molar-refractivity contribution is 6.21. The number of hydrogen-bond acceptors (Lipinski definition) is 5. The number of fused-ring (bicyclic) bond motifs is 1. The lowest BCUT2D eigenvalue weighted by Gasteiger charge is -2.23. The van der Waals surface area contributed by atoms with Gasteiger partial charge in [0.1, 0.15) is 0 Å². The van der Waals surface area contributed by atoms with Crippen molar-refractivity contribution in [1.29, 1.82) is 0 Å². The largest absolute Gasteiger partial charge is 0.382 e. The summed E-state index contributed by atoms with van der Waals surface area (Å²) in [6.45, 7) is 0.405. The maximum absolute atomic E-state index is 12.0. The second-order valence-electron chi connectivity index (χ2n) is 3.75. The molecule has 17 heavy (non-hydrogen) atoms. The predicted octanol–water partition coefficient (Wildman–Crippen LogP) is -0.349. The number of nitrogens with zero attached hydrogens (tertiary/aromatic N) is 2. The zero-order valence-electron chi connectivity index (χ0n) is 9.42. The van der Waals surface area contributed by atoms with Gasteiger partial charge in [-0.25, -0.2) is 0 Å². The Morgan fingerprint density at radius 3 is 2.71 bits per heavy atom. The van der Waals surface area contributed by atoms with Crippen molar-refractivity contribution in [3.05, 3.63) is 29.6 Å². The first kappa shape index (κ1) is 11.7. The smallest absolute Gasteiger partial charge is 0.263 e. The van der Waals surface area contributed by atoms with Gasteiger partial charge in [-0.1, -0.05) is 0 Å². The molecule has 90 valence electrons. The van der Waals surface area contributed by atoms with Gasteiger partial charge in [0.25, 0.3) is 11.8 Å². The van der Waals surface area contributed by atoms with Crippen LogP contribution in [0.25, 0.3) is 0 Å². The van der Waals surface area contributed by atoms with Gasteiger partial charge in [0.15, 0.2) is 0 Å². The van der Waals surface area contributed by atoms with Gasteiger partial charge >= 0.3 is 0 Å². The van der Waals surface area contributed by atoms with E-state index in [1.165, 1.54) is 25.6 Å². The number of rotatable bonds is 4. The molecular formula is C11H13N3O3. The average molecular weight is 235 g/mol. The molecule has 2 N–H and O–H groups in total. The van der Waals surface area contributed by atoms with Gasteiger partial charge in [-0.05, 0) is 6.07 Å². The molecule has 1 aliphatic heterocycles. The monoisotopic (exact) mass is 235 g/mol. The number of amides is 2. The Balaban J connectivity index is 2.35.